The normalized spacial score (nSPS) is 17.4. The third-order valence-corrected chi connectivity index (χ3v) is 3.31. The van der Waals surface area contributed by atoms with Crippen molar-refractivity contribution in [2.45, 2.75) is 18.9 Å². The van der Waals surface area contributed by atoms with E-state index in [1.165, 1.54) is 6.20 Å². The van der Waals surface area contributed by atoms with Crippen LogP contribution < -0.4 is 10.6 Å². The fraction of sp³-hybridized carbons (Fsp3) is 0.357. The highest BCUT2D eigenvalue weighted by atomic mass is 35.5. The van der Waals surface area contributed by atoms with Gasteiger partial charge in [-0.05, 0) is 31.5 Å². The smallest absolute Gasteiger partial charge is 0.271 e. The Balaban J connectivity index is 0.00000110. The van der Waals surface area contributed by atoms with Crippen LogP contribution >= 0.6 is 24.8 Å². The molecule has 2 N–H and O–H groups in total. The second-order valence-electron chi connectivity index (χ2n) is 4.76. The summed E-state index contributed by atoms with van der Waals surface area (Å²) in [5.41, 5.74) is 1.93. The first-order chi connectivity index (χ1) is 9.33. The highest BCUT2D eigenvalue weighted by Crippen LogP contribution is 2.09. The van der Waals surface area contributed by atoms with E-state index < -0.39 is 0 Å². The van der Waals surface area contributed by atoms with Gasteiger partial charge in [-0.3, -0.25) is 9.78 Å². The third-order valence-electron chi connectivity index (χ3n) is 3.31. The van der Waals surface area contributed by atoms with Crippen molar-refractivity contribution in [2.24, 2.45) is 0 Å². The van der Waals surface area contributed by atoms with Gasteiger partial charge < -0.3 is 10.6 Å². The lowest BCUT2D eigenvalue weighted by Gasteiger charge is -2.23. The van der Waals surface area contributed by atoms with Crippen molar-refractivity contribution in [2.75, 3.05) is 13.1 Å². The molecule has 114 valence electrons. The highest BCUT2D eigenvalue weighted by molar-refractivity contribution is 5.93. The Morgan fingerprint density at radius 2 is 2.00 bits per heavy atom. The molecule has 1 saturated heterocycles. The van der Waals surface area contributed by atoms with Gasteiger partial charge in [0, 0.05) is 12.6 Å². The molecule has 1 aliphatic rings. The number of hydrogen-bond acceptors (Lipinski definition) is 4. The molecular weight excluding hydrogens is 311 g/mol. The lowest BCUT2D eigenvalue weighted by Crippen LogP contribution is -2.45. The van der Waals surface area contributed by atoms with E-state index in [1.54, 1.807) is 0 Å². The molecule has 3 rings (SSSR count). The molecule has 1 atom stereocenters. The zero-order chi connectivity index (χ0) is 13.1. The van der Waals surface area contributed by atoms with Crippen molar-refractivity contribution in [3.63, 3.8) is 0 Å². The van der Waals surface area contributed by atoms with E-state index in [9.17, 15) is 4.79 Å². The van der Waals surface area contributed by atoms with Crippen LogP contribution in [0.2, 0.25) is 0 Å². The van der Waals surface area contributed by atoms with Gasteiger partial charge in [0.1, 0.15) is 5.69 Å². The molecule has 7 heteroatoms. The van der Waals surface area contributed by atoms with Gasteiger partial charge in [0.25, 0.3) is 5.91 Å². The van der Waals surface area contributed by atoms with E-state index in [4.69, 9.17) is 0 Å². The van der Waals surface area contributed by atoms with Crippen molar-refractivity contribution in [1.82, 2.24) is 20.6 Å². The standard InChI is InChI=1S/C14H16N4O.2ClH/c19-14(17-10-4-3-7-15-8-10)13-9-16-11-5-1-2-6-12(11)18-13;;/h1-2,5-6,9-10,15H,3-4,7-8H2,(H,17,19);2*1H/t10-;;/m1../s1. The van der Waals surface area contributed by atoms with Gasteiger partial charge in [-0.15, -0.1) is 24.8 Å². The largest absolute Gasteiger partial charge is 0.347 e. The van der Waals surface area contributed by atoms with Gasteiger partial charge in [-0.2, -0.15) is 0 Å². The number of fused-ring (bicyclic) bond motifs is 1. The lowest BCUT2D eigenvalue weighted by molar-refractivity contribution is 0.0925. The number of carbonyl (C=O) groups excluding carboxylic acids is 1. The number of amides is 1. The maximum atomic E-state index is 12.1. The minimum Gasteiger partial charge on any atom is -0.347 e. The molecule has 0 radical (unpaired) electrons. The summed E-state index contributed by atoms with van der Waals surface area (Å²) in [6.07, 6.45) is 3.64. The zero-order valence-electron chi connectivity index (χ0n) is 11.4. The fourth-order valence-corrected chi connectivity index (χ4v) is 2.30. The molecule has 1 fully saturated rings. The summed E-state index contributed by atoms with van der Waals surface area (Å²) >= 11 is 0. The molecule has 2 aromatic rings. The lowest BCUT2D eigenvalue weighted by atomic mass is 10.1. The van der Waals surface area contributed by atoms with Crippen LogP contribution in [0, 0.1) is 0 Å². The van der Waals surface area contributed by atoms with Gasteiger partial charge in [-0.1, -0.05) is 12.1 Å². The van der Waals surface area contributed by atoms with E-state index in [0.717, 1.165) is 37.0 Å². The minimum absolute atomic E-state index is 0. The van der Waals surface area contributed by atoms with Crippen LogP contribution in [0.5, 0.6) is 0 Å². The average Bonchev–Trinajstić information content (AvgIpc) is 2.48. The summed E-state index contributed by atoms with van der Waals surface area (Å²) in [6.45, 7) is 1.86. The van der Waals surface area contributed by atoms with Gasteiger partial charge in [0.2, 0.25) is 0 Å². The molecule has 0 saturated carbocycles. The van der Waals surface area contributed by atoms with Crippen molar-refractivity contribution in [3.05, 3.63) is 36.2 Å². The SMILES string of the molecule is Cl.Cl.O=C(N[C@@H]1CCCNC1)c1cnc2ccccc2n1. The summed E-state index contributed by atoms with van der Waals surface area (Å²) < 4.78 is 0. The Kier molecular flexibility index (Phi) is 6.81. The monoisotopic (exact) mass is 328 g/mol. The van der Waals surface area contributed by atoms with Gasteiger partial charge in [0.15, 0.2) is 0 Å². The van der Waals surface area contributed by atoms with Crippen LogP contribution in [0.3, 0.4) is 0 Å². The Bertz CT molecular complexity index is 602. The van der Waals surface area contributed by atoms with Crippen LogP contribution in [0.15, 0.2) is 30.5 Å². The second kappa shape index (κ2) is 8.12. The number of piperidine rings is 1. The molecule has 2 heterocycles. The number of nitrogens with one attached hydrogen (secondary N) is 2. The van der Waals surface area contributed by atoms with Gasteiger partial charge >= 0.3 is 0 Å². The van der Waals surface area contributed by atoms with Crippen LogP contribution in [0.1, 0.15) is 23.3 Å². The van der Waals surface area contributed by atoms with Crippen molar-refractivity contribution < 1.29 is 4.79 Å². The fourth-order valence-electron chi connectivity index (χ4n) is 2.30. The summed E-state index contributed by atoms with van der Waals surface area (Å²) in [6, 6.07) is 7.74. The zero-order valence-corrected chi connectivity index (χ0v) is 13.0. The van der Waals surface area contributed by atoms with Crippen molar-refractivity contribution in [1.29, 1.82) is 0 Å². The molecular formula is C14H18Cl2N4O. The summed E-state index contributed by atoms with van der Waals surface area (Å²) in [4.78, 5) is 20.7. The molecule has 5 nitrogen and oxygen atoms in total. The van der Waals surface area contributed by atoms with Crippen LogP contribution in [-0.4, -0.2) is 35.0 Å². The number of carbonyl (C=O) groups is 1. The predicted molar refractivity (Wildman–Crippen MR) is 87.4 cm³/mol. The molecule has 0 unspecified atom stereocenters. The molecule has 0 bridgehead atoms. The van der Waals surface area contributed by atoms with Crippen LogP contribution in [0.25, 0.3) is 11.0 Å². The Hall–Kier alpha value is -1.43. The summed E-state index contributed by atoms with van der Waals surface area (Å²) in [5.74, 6) is -0.146. The highest BCUT2D eigenvalue weighted by Gasteiger charge is 2.17. The van der Waals surface area contributed by atoms with Crippen molar-refractivity contribution >= 4 is 41.8 Å². The third kappa shape index (κ3) is 4.27. The predicted octanol–water partition coefficient (Wildman–Crippen LogP) is 1.96. The van der Waals surface area contributed by atoms with Gasteiger partial charge in [0.05, 0.1) is 17.2 Å². The Morgan fingerprint density at radius 1 is 1.24 bits per heavy atom. The molecule has 0 aliphatic carbocycles. The number of halogens is 2. The quantitative estimate of drug-likeness (QED) is 0.884. The van der Waals surface area contributed by atoms with E-state index in [0.29, 0.717) is 5.69 Å². The number of hydrogen-bond donors (Lipinski definition) is 2. The first-order valence-corrected chi connectivity index (χ1v) is 6.56. The van der Waals surface area contributed by atoms with Crippen LogP contribution in [0.4, 0.5) is 0 Å². The number of aromatic nitrogens is 2. The maximum absolute atomic E-state index is 12.1. The van der Waals surface area contributed by atoms with E-state index in [-0.39, 0.29) is 36.8 Å². The number of benzene rings is 1. The first kappa shape index (κ1) is 17.6. The molecule has 1 aromatic heterocycles. The van der Waals surface area contributed by atoms with E-state index in [1.807, 2.05) is 24.3 Å². The summed E-state index contributed by atoms with van der Waals surface area (Å²) in [7, 11) is 0. The molecule has 0 spiro atoms. The minimum atomic E-state index is -0.146. The number of rotatable bonds is 2. The van der Waals surface area contributed by atoms with Crippen molar-refractivity contribution in [3.8, 4) is 0 Å². The first-order valence-electron chi connectivity index (χ1n) is 6.56. The number of nitrogens with zero attached hydrogens (tertiary/aromatic N) is 2. The maximum Gasteiger partial charge on any atom is 0.271 e. The number of para-hydroxylation sites is 2. The molecule has 1 amide bonds. The van der Waals surface area contributed by atoms with Crippen LogP contribution in [-0.2, 0) is 0 Å². The molecule has 1 aromatic carbocycles. The van der Waals surface area contributed by atoms with Gasteiger partial charge in [-0.25, -0.2) is 4.98 Å². The van der Waals surface area contributed by atoms with E-state index in [2.05, 4.69) is 20.6 Å². The van der Waals surface area contributed by atoms with E-state index >= 15 is 0 Å². The second-order valence-corrected chi connectivity index (χ2v) is 4.76. The average molecular weight is 329 g/mol. The molecule has 1 aliphatic heterocycles. The summed E-state index contributed by atoms with van der Waals surface area (Å²) in [5, 5.41) is 6.27. The topological polar surface area (TPSA) is 66.9 Å². The Labute approximate surface area is 135 Å². The molecule has 21 heavy (non-hydrogen) atoms. The Morgan fingerprint density at radius 3 is 2.71 bits per heavy atom.